The average Bonchev–Trinajstić information content (AvgIpc) is 2.75. The summed E-state index contributed by atoms with van der Waals surface area (Å²) in [5.74, 6) is 0. The minimum absolute atomic E-state index is 0.489. The van der Waals surface area contributed by atoms with E-state index in [0.717, 1.165) is 25.1 Å². The van der Waals surface area contributed by atoms with E-state index in [4.69, 9.17) is 0 Å². The topological polar surface area (TPSA) is 29.9 Å². The number of anilines is 1. The second kappa shape index (κ2) is 5.60. The third-order valence-electron chi connectivity index (χ3n) is 4.03. The molecule has 2 aromatic rings. The highest BCUT2D eigenvalue weighted by Gasteiger charge is 2.21. The van der Waals surface area contributed by atoms with E-state index in [2.05, 4.69) is 69.1 Å². The molecule has 1 aliphatic rings. The summed E-state index contributed by atoms with van der Waals surface area (Å²) in [5, 5.41) is 8.25. The van der Waals surface area contributed by atoms with Gasteiger partial charge in [0.15, 0.2) is 0 Å². The number of nitrogens with zero attached hydrogens (tertiary/aromatic N) is 2. The molecule has 1 N–H and O–H groups in total. The molecule has 0 bridgehead atoms. The van der Waals surface area contributed by atoms with Gasteiger partial charge in [0, 0.05) is 24.7 Å². The molecule has 1 aromatic carbocycles. The summed E-state index contributed by atoms with van der Waals surface area (Å²) in [4.78, 5) is 0. The van der Waals surface area contributed by atoms with Gasteiger partial charge in [0.1, 0.15) is 0 Å². The highest BCUT2D eigenvalue weighted by molar-refractivity contribution is 9.10. The van der Waals surface area contributed by atoms with E-state index in [-0.39, 0.29) is 0 Å². The molecule has 2 heterocycles. The third-order valence-corrected chi connectivity index (χ3v) is 5.06. The molecule has 1 aromatic heterocycles. The van der Waals surface area contributed by atoms with Crippen molar-refractivity contribution in [3.8, 4) is 0 Å². The molecule has 0 radical (unpaired) electrons. The van der Waals surface area contributed by atoms with Crippen molar-refractivity contribution in [3.05, 3.63) is 45.7 Å². The van der Waals surface area contributed by atoms with Crippen LogP contribution in [0.15, 0.2) is 28.7 Å². The first kappa shape index (κ1) is 13.7. The molecular formula is C16H20BrN3. The Morgan fingerprint density at radius 2 is 2.20 bits per heavy atom. The molecule has 0 saturated carbocycles. The van der Waals surface area contributed by atoms with Crippen molar-refractivity contribution in [2.45, 2.75) is 45.7 Å². The molecule has 3 rings (SSSR count). The molecule has 1 aliphatic heterocycles. The molecule has 0 spiro atoms. The Hall–Kier alpha value is -1.29. The number of rotatable bonds is 3. The van der Waals surface area contributed by atoms with Gasteiger partial charge in [-0.3, -0.25) is 4.68 Å². The molecule has 0 amide bonds. The quantitative estimate of drug-likeness (QED) is 0.921. The van der Waals surface area contributed by atoms with Crippen LogP contribution in [0.25, 0.3) is 0 Å². The second-order valence-electron chi connectivity index (χ2n) is 5.40. The van der Waals surface area contributed by atoms with Gasteiger partial charge < -0.3 is 5.32 Å². The lowest BCUT2D eigenvalue weighted by atomic mass is 9.95. The number of aromatic nitrogens is 2. The normalized spacial score (nSPS) is 17.6. The van der Waals surface area contributed by atoms with Gasteiger partial charge in [0.05, 0.1) is 15.9 Å². The van der Waals surface area contributed by atoms with Gasteiger partial charge in [0.25, 0.3) is 0 Å². The van der Waals surface area contributed by atoms with Crippen LogP contribution in [-0.2, 0) is 19.4 Å². The number of aryl methyl sites for hydroxylation is 3. The summed E-state index contributed by atoms with van der Waals surface area (Å²) in [6.07, 6.45) is 3.35. The van der Waals surface area contributed by atoms with Crippen LogP contribution in [0.4, 0.5) is 5.69 Å². The lowest BCUT2D eigenvalue weighted by Gasteiger charge is -2.27. The minimum atomic E-state index is 0.489. The van der Waals surface area contributed by atoms with Crippen molar-refractivity contribution in [2.75, 3.05) is 5.32 Å². The van der Waals surface area contributed by atoms with E-state index in [0.29, 0.717) is 6.04 Å². The highest BCUT2D eigenvalue weighted by Crippen LogP contribution is 2.28. The van der Waals surface area contributed by atoms with E-state index in [1.54, 1.807) is 0 Å². The molecule has 0 fully saturated rings. The van der Waals surface area contributed by atoms with Crippen molar-refractivity contribution in [2.24, 2.45) is 0 Å². The zero-order valence-electron chi connectivity index (χ0n) is 12.0. The van der Waals surface area contributed by atoms with Gasteiger partial charge in [-0.05, 0) is 54.2 Å². The smallest absolute Gasteiger partial charge is 0.0738 e. The van der Waals surface area contributed by atoms with Crippen LogP contribution in [0.1, 0.15) is 30.3 Å². The number of hydrogen-bond acceptors (Lipinski definition) is 2. The number of fused-ring (bicyclic) bond motifs is 1. The number of benzene rings is 1. The summed E-state index contributed by atoms with van der Waals surface area (Å²) in [7, 11) is 0. The predicted octanol–water partition coefficient (Wildman–Crippen LogP) is 3.94. The first-order chi connectivity index (χ1) is 9.69. The molecular weight excluding hydrogens is 314 g/mol. The van der Waals surface area contributed by atoms with Gasteiger partial charge in [-0.25, -0.2) is 0 Å². The summed E-state index contributed by atoms with van der Waals surface area (Å²) < 4.78 is 3.28. The van der Waals surface area contributed by atoms with E-state index in [1.807, 2.05) is 0 Å². The van der Waals surface area contributed by atoms with Gasteiger partial charge in [0.2, 0.25) is 0 Å². The Balaban J connectivity index is 1.80. The molecule has 0 saturated heterocycles. The van der Waals surface area contributed by atoms with Crippen LogP contribution < -0.4 is 5.32 Å². The maximum Gasteiger partial charge on any atom is 0.0738 e. The van der Waals surface area contributed by atoms with Crippen molar-refractivity contribution in [1.82, 2.24) is 9.78 Å². The van der Waals surface area contributed by atoms with E-state index >= 15 is 0 Å². The van der Waals surface area contributed by atoms with Crippen molar-refractivity contribution < 1.29 is 0 Å². The van der Waals surface area contributed by atoms with Gasteiger partial charge >= 0.3 is 0 Å². The summed E-state index contributed by atoms with van der Waals surface area (Å²) >= 11 is 3.69. The van der Waals surface area contributed by atoms with Gasteiger partial charge in [-0.15, -0.1) is 0 Å². The van der Waals surface area contributed by atoms with Crippen LogP contribution in [0.5, 0.6) is 0 Å². The van der Waals surface area contributed by atoms with Crippen LogP contribution >= 0.6 is 15.9 Å². The van der Waals surface area contributed by atoms with Crippen molar-refractivity contribution in [3.63, 3.8) is 0 Å². The molecule has 106 valence electrons. The van der Waals surface area contributed by atoms with E-state index in [9.17, 15) is 0 Å². The molecule has 0 aliphatic carbocycles. The Morgan fingerprint density at radius 3 is 3.00 bits per heavy atom. The van der Waals surface area contributed by atoms with E-state index < -0.39 is 0 Å². The summed E-state index contributed by atoms with van der Waals surface area (Å²) in [6, 6.07) is 9.10. The van der Waals surface area contributed by atoms with Crippen LogP contribution in [-0.4, -0.2) is 15.8 Å². The lowest BCUT2D eigenvalue weighted by Crippen LogP contribution is -2.28. The third kappa shape index (κ3) is 2.49. The number of para-hydroxylation sites is 1. The Morgan fingerprint density at radius 1 is 1.40 bits per heavy atom. The van der Waals surface area contributed by atoms with E-state index in [1.165, 1.54) is 27.8 Å². The monoisotopic (exact) mass is 333 g/mol. The second-order valence-corrected chi connectivity index (χ2v) is 6.20. The number of halogens is 1. The average molecular weight is 334 g/mol. The zero-order valence-corrected chi connectivity index (χ0v) is 13.6. The first-order valence-corrected chi connectivity index (χ1v) is 8.04. The van der Waals surface area contributed by atoms with Crippen LogP contribution in [0, 0.1) is 6.92 Å². The maximum absolute atomic E-state index is 4.58. The van der Waals surface area contributed by atoms with Crippen molar-refractivity contribution in [1.29, 1.82) is 0 Å². The van der Waals surface area contributed by atoms with Crippen molar-refractivity contribution >= 4 is 21.6 Å². The Kier molecular flexibility index (Phi) is 3.83. The molecule has 3 nitrogen and oxygen atoms in total. The standard InChI is InChI=1S/C16H20BrN3/c1-3-20-15(16(17)11(2)19-20)10-13-9-8-12-6-4-5-7-14(12)18-13/h4-7,13,18H,3,8-10H2,1-2H3. The SMILES string of the molecule is CCn1nc(C)c(Br)c1CC1CCc2ccccc2N1. The first-order valence-electron chi connectivity index (χ1n) is 7.25. The lowest BCUT2D eigenvalue weighted by molar-refractivity contribution is 0.564. The number of hydrogen-bond donors (Lipinski definition) is 1. The fourth-order valence-electron chi connectivity index (χ4n) is 2.95. The summed E-state index contributed by atoms with van der Waals surface area (Å²) in [6.45, 7) is 5.13. The fraction of sp³-hybridized carbons (Fsp3) is 0.438. The highest BCUT2D eigenvalue weighted by atomic mass is 79.9. The Bertz CT molecular complexity index is 618. The zero-order chi connectivity index (χ0) is 14.1. The molecule has 4 heteroatoms. The maximum atomic E-state index is 4.58. The largest absolute Gasteiger partial charge is 0.382 e. The van der Waals surface area contributed by atoms with Gasteiger partial charge in [-0.2, -0.15) is 5.10 Å². The predicted molar refractivity (Wildman–Crippen MR) is 86.2 cm³/mol. The van der Waals surface area contributed by atoms with Gasteiger partial charge in [-0.1, -0.05) is 18.2 Å². The molecule has 1 atom stereocenters. The van der Waals surface area contributed by atoms with Crippen LogP contribution in [0.2, 0.25) is 0 Å². The fourth-order valence-corrected chi connectivity index (χ4v) is 3.40. The Labute approximate surface area is 128 Å². The number of nitrogens with one attached hydrogen (secondary N) is 1. The van der Waals surface area contributed by atoms with Crippen LogP contribution in [0.3, 0.4) is 0 Å². The minimum Gasteiger partial charge on any atom is -0.382 e. The molecule has 20 heavy (non-hydrogen) atoms. The summed E-state index contributed by atoms with van der Waals surface area (Å²) in [5.41, 5.74) is 5.11. The molecule has 1 unspecified atom stereocenters.